The minimum absolute atomic E-state index is 0.203. The first kappa shape index (κ1) is 11.2. The summed E-state index contributed by atoms with van der Waals surface area (Å²) in [6, 6.07) is 4.19. The fourth-order valence-electron chi connectivity index (χ4n) is 2.44. The molecule has 0 bridgehead atoms. The molecule has 3 nitrogen and oxygen atoms in total. The summed E-state index contributed by atoms with van der Waals surface area (Å²) in [5.41, 5.74) is 7.47. The normalized spacial score (nSPS) is 20.1. The van der Waals surface area contributed by atoms with E-state index in [0.717, 1.165) is 18.0 Å². The van der Waals surface area contributed by atoms with Gasteiger partial charge in [-0.1, -0.05) is 6.07 Å². The van der Waals surface area contributed by atoms with Gasteiger partial charge >= 0.3 is 0 Å². The van der Waals surface area contributed by atoms with E-state index in [1.54, 1.807) is 11.8 Å². The molecule has 0 amide bonds. The van der Waals surface area contributed by atoms with Crippen LogP contribution in [0.1, 0.15) is 18.4 Å². The minimum atomic E-state index is 0.203. The zero-order chi connectivity index (χ0) is 11.9. The Kier molecular flexibility index (Phi) is 2.71. The van der Waals surface area contributed by atoms with Crippen molar-refractivity contribution in [3.8, 4) is 11.5 Å². The second kappa shape index (κ2) is 4.10. The smallest absolute Gasteiger partial charge is 0.175 e. The van der Waals surface area contributed by atoms with Gasteiger partial charge in [0.1, 0.15) is 13.2 Å². The highest BCUT2D eigenvalue weighted by Gasteiger charge is 2.45. The summed E-state index contributed by atoms with van der Waals surface area (Å²) in [4.78, 5) is 1.21. The maximum Gasteiger partial charge on any atom is 0.175 e. The summed E-state index contributed by atoms with van der Waals surface area (Å²) < 4.78 is 11.4. The molecule has 1 aliphatic heterocycles. The molecule has 0 saturated heterocycles. The van der Waals surface area contributed by atoms with E-state index in [9.17, 15) is 0 Å². The van der Waals surface area contributed by atoms with Crippen LogP contribution in [-0.4, -0.2) is 26.0 Å². The molecule has 1 aliphatic carbocycles. The lowest BCUT2D eigenvalue weighted by Crippen LogP contribution is -2.22. The van der Waals surface area contributed by atoms with Crippen LogP contribution in [0.3, 0.4) is 0 Å². The predicted molar refractivity (Wildman–Crippen MR) is 69.2 cm³/mol. The number of fused-ring (bicyclic) bond motifs is 1. The molecule has 0 spiro atoms. The van der Waals surface area contributed by atoms with Crippen molar-refractivity contribution in [2.24, 2.45) is 5.73 Å². The SMILES string of the molecule is CSc1c(C2(CN)CC2)ccc2c1OCCO2. The van der Waals surface area contributed by atoms with Crippen molar-refractivity contribution in [2.45, 2.75) is 23.2 Å². The van der Waals surface area contributed by atoms with Crippen molar-refractivity contribution < 1.29 is 9.47 Å². The topological polar surface area (TPSA) is 44.5 Å². The van der Waals surface area contributed by atoms with E-state index in [1.807, 2.05) is 6.07 Å². The maximum absolute atomic E-state index is 5.92. The molecule has 1 aromatic carbocycles. The third kappa shape index (κ3) is 1.70. The van der Waals surface area contributed by atoms with E-state index >= 15 is 0 Å². The maximum atomic E-state index is 5.92. The monoisotopic (exact) mass is 251 g/mol. The lowest BCUT2D eigenvalue weighted by molar-refractivity contribution is 0.167. The molecule has 2 N–H and O–H groups in total. The Labute approximate surface area is 106 Å². The van der Waals surface area contributed by atoms with Crippen molar-refractivity contribution in [1.82, 2.24) is 0 Å². The number of nitrogens with two attached hydrogens (primary N) is 1. The van der Waals surface area contributed by atoms with Gasteiger partial charge in [-0.05, 0) is 30.7 Å². The number of hydrogen-bond donors (Lipinski definition) is 1. The van der Waals surface area contributed by atoms with Crippen LogP contribution in [0.25, 0.3) is 0 Å². The van der Waals surface area contributed by atoms with Crippen LogP contribution in [0.4, 0.5) is 0 Å². The molecule has 0 unspecified atom stereocenters. The summed E-state index contributed by atoms with van der Waals surface area (Å²) in [6.45, 7) is 2.00. The molecule has 4 heteroatoms. The van der Waals surface area contributed by atoms with E-state index in [1.165, 1.54) is 23.3 Å². The highest BCUT2D eigenvalue weighted by atomic mass is 32.2. The van der Waals surface area contributed by atoms with Gasteiger partial charge in [-0.3, -0.25) is 0 Å². The molecule has 1 aromatic rings. The van der Waals surface area contributed by atoms with Crippen LogP contribution >= 0.6 is 11.8 Å². The lowest BCUT2D eigenvalue weighted by Gasteiger charge is -2.25. The molecule has 1 heterocycles. The first-order chi connectivity index (χ1) is 8.30. The Hall–Kier alpha value is -0.870. The highest BCUT2D eigenvalue weighted by Crippen LogP contribution is 2.53. The van der Waals surface area contributed by atoms with Crippen LogP contribution in [0, 0.1) is 0 Å². The van der Waals surface area contributed by atoms with Crippen LogP contribution in [-0.2, 0) is 5.41 Å². The Morgan fingerprint density at radius 2 is 2.06 bits per heavy atom. The van der Waals surface area contributed by atoms with Gasteiger partial charge in [-0.15, -0.1) is 11.8 Å². The summed E-state index contributed by atoms with van der Waals surface area (Å²) in [5.74, 6) is 1.79. The van der Waals surface area contributed by atoms with Crippen molar-refractivity contribution >= 4 is 11.8 Å². The van der Waals surface area contributed by atoms with Gasteiger partial charge in [0.25, 0.3) is 0 Å². The lowest BCUT2D eigenvalue weighted by atomic mass is 9.95. The van der Waals surface area contributed by atoms with Gasteiger partial charge < -0.3 is 15.2 Å². The quantitative estimate of drug-likeness (QED) is 0.836. The molecule has 17 heavy (non-hydrogen) atoms. The molecule has 3 rings (SSSR count). The molecular formula is C13H17NO2S. The van der Waals surface area contributed by atoms with Gasteiger partial charge in [0.05, 0.1) is 4.90 Å². The van der Waals surface area contributed by atoms with Gasteiger partial charge in [-0.2, -0.15) is 0 Å². The average Bonchev–Trinajstić information content (AvgIpc) is 3.18. The number of hydrogen-bond acceptors (Lipinski definition) is 4. The van der Waals surface area contributed by atoms with E-state index in [0.29, 0.717) is 13.2 Å². The summed E-state index contributed by atoms with van der Waals surface area (Å²) >= 11 is 1.73. The van der Waals surface area contributed by atoms with Crippen molar-refractivity contribution in [1.29, 1.82) is 0 Å². The first-order valence-electron chi connectivity index (χ1n) is 5.98. The fraction of sp³-hybridized carbons (Fsp3) is 0.538. The third-order valence-electron chi connectivity index (χ3n) is 3.68. The first-order valence-corrected chi connectivity index (χ1v) is 7.20. The zero-order valence-electron chi connectivity index (χ0n) is 9.99. The van der Waals surface area contributed by atoms with Crippen LogP contribution in [0.2, 0.25) is 0 Å². The van der Waals surface area contributed by atoms with E-state index in [-0.39, 0.29) is 5.41 Å². The third-order valence-corrected chi connectivity index (χ3v) is 4.50. The largest absolute Gasteiger partial charge is 0.486 e. The van der Waals surface area contributed by atoms with Crippen LogP contribution in [0.5, 0.6) is 11.5 Å². The van der Waals surface area contributed by atoms with Gasteiger partial charge in [-0.25, -0.2) is 0 Å². The Morgan fingerprint density at radius 3 is 2.71 bits per heavy atom. The van der Waals surface area contributed by atoms with Gasteiger partial charge in [0.2, 0.25) is 0 Å². The summed E-state index contributed by atoms with van der Waals surface area (Å²) in [7, 11) is 0. The van der Waals surface area contributed by atoms with Crippen LogP contribution in [0.15, 0.2) is 17.0 Å². The van der Waals surface area contributed by atoms with E-state index in [4.69, 9.17) is 15.2 Å². The number of thioether (sulfide) groups is 1. The highest BCUT2D eigenvalue weighted by molar-refractivity contribution is 7.98. The predicted octanol–water partition coefficient (Wildman–Crippen LogP) is 2.17. The Bertz CT molecular complexity index is 443. The Balaban J connectivity index is 2.10. The van der Waals surface area contributed by atoms with E-state index < -0.39 is 0 Å². The van der Waals surface area contributed by atoms with Crippen molar-refractivity contribution in [3.63, 3.8) is 0 Å². The van der Waals surface area contributed by atoms with E-state index in [2.05, 4.69) is 12.3 Å². The molecule has 0 aromatic heterocycles. The molecule has 1 saturated carbocycles. The second-order valence-corrected chi connectivity index (χ2v) is 5.47. The molecule has 0 atom stereocenters. The van der Waals surface area contributed by atoms with Gasteiger partial charge in [0.15, 0.2) is 11.5 Å². The molecule has 92 valence electrons. The zero-order valence-corrected chi connectivity index (χ0v) is 10.8. The summed E-state index contributed by atoms with van der Waals surface area (Å²) in [5, 5.41) is 0. The number of ether oxygens (including phenoxy) is 2. The molecule has 1 fully saturated rings. The molecular weight excluding hydrogens is 234 g/mol. The summed E-state index contributed by atoms with van der Waals surface area (Å²) in [6.07, 6.45) is 4.47. The van der Waals surface area contributed by atoms with Gasteiger partial charge in [0, 0.05) is 12.0 Å². The van der Waals surface area contributed by atoms with Crippen LogP contribution < -0.4 is 15.2 Å². The van der Waals surface area contributed by atoms with Crippen molar-refractivity contribution in [3.05, 3.63) is 17.7 Å². The minimum Gasteiger partial charge on any atom is -0.486 e. The molecule has 0 radical (unpaired) electrons. The van der Waals surface area contributed by atoms with Crippen molar-refractivity contribution in [2.75, 3.05) is 26.0 Å². The number of benzene rings is 1. The second-order valence-electron chi connectivity index (χ2n) is 4.66. The fourth-order valence-corrected chi connectivity index (χ4v) is 3.29. The average molecular weight is 251 g/mol. The molecule has 2 aliphatic rings. The number of rotatable bonds is 3. The standard InChI is InChI=1S/C13H17NO2S/c1-17-12-9(13(8-14)4-5-13)2-3-10-11(12)16-7-6-15-10/h2-3H,4-8,14H2,1H3. The Morgan fingerprint density at radius 1 is 1.29 bits per heavy atom.